The van der Waals surface area contributed by atoms with Crippen LogP contribution in [0.5, 0.6) is 0 Å². The summed E-state index contributed by atoms with van der Waals surface area (Å²) in [5.74, 6) is -2.14. The van der Waals surface area contributed by atoms with E-state index in [4.69, 9.17) is 0 Å². The molecule has 0 bridgehead atoms. The molecule has 0 fully saturated rings. The highest BCUT2D eigenvalue weighted by molar-refractivity contribution is 7.10. The lowest BCUT2D eigenvalue weighted by Gasteiger charge is -2.26. The summed E-state index contributed by atoms with van der Waals surface area (Å²) in [5.41, 5.74) is -0.0432. The van der Waals surface area contributed by atoms with Crippen LogP contribution < -0.4 is 5.32 Å². The van der Waals surface area contributed by atoms with Crippen LogP contribution in [0, 0.1) is 19.7 Å². The number of carboxylic acid groups (broad SMARTS) is 1. The molecule has 2 aromatic rings. The van der Waals surface area contributed by atoms with Crippen LogP contribution in [0.1, 0.15) is 33.3 Å². The van der Waals surface area contributed by atoms with Crippen LogP contribution in [0.4, 0.5) is 4.39 Å². The Morgan fingerprint density at radius 2 is 1.82 bits per heavy atom. The van der Waals surface area contributed by atoms with Crippen LogP contribution in [0.2, 0.25) is 0 Å². The fourth-order valence-corrected chi connectivity index (χ4v) is 2.93. The van der Waals surface area contributed by atoms with E-state index in [1.54, 1.807) is 5.38 Å². The topological polar surface area (TPSA) is 66.4 Å². The Labute approximate surface area is 131 Å². The van der Waals surface area contributed by atoms with Crippen LogP contribution in [0.25, 0.3) is 0 Å². The molecule has 1 amide bonds. The van der Waals surface area contributed by atoms with Gasteiger partial charge in [0.1, 0.15) is 5.82 Å². The van der Waals surface area contributed by atoms with Crippen molar-refractivity contribution in [2.45, 2.75) is 26.3 Å². The number of amides is 1. The van der Waals surface area contributed by atoms with Crippen LogP contribution in [-0.2, 0) is 10.3 Å². The smallest absolute Gasteiger partial charge is 0.333 e. The average molecular weight is 321 g/mol. The van der Waals surface area contributed by atoms with Gasteiger partial charge in [0.25, 0.3) is 5.91 Å². The molecule has 2 rings (SSSR count). The number of thiophene rings is 1. The number of carbonyl (C=O) groups is 2. The molecule has 0 aliphatic heterocycles. The molecule has 1 atom stereocenters. The van der Waals surface area contributed by atoms with Crippen molar-refractivity contribution in [2.75, 3.05) is 0 Å². The molecular formula is C16H16FNO3S. The van der Waals surface area contributed by atoms with Gasteiger partial charge in [-0.3, -0.25) is 4.79 Å². The summed E-state index contributed by atoms with van der Waals surface area (Å²) in [6.07, 6.45) is 0. The summed E-state index contributed by atoms with van der Waals surface area (Å²) in [6, 6.07) is 5.05. The van der Waals surface area contributed by atoms with Crippen molar-refractivity contribution in [3.8, 4) is 0 Å². The zero-order valence-electron chi connectivity index (χ0n) is 12.4. The SMILES string of the molecule is Cc1scc(C(=O)NC(C)(C(=O)O)c2ccc(F)cc2)c1C. The summed E-state index contributed by atoms with van der Waals surface area (Å²) >= 11 is 1.43. The summed E-state index contributed by atoms with van der Waals surface area (Å²) in [4.78, 5) is 25.1. The van der Waals surface area contributed by atoms with E-state index in [1.165, 1.54) is 42.5 Å². The number of benzene rings is 1. The van der Waals surface area contributed by atoms with Gasteiger partial charge in [-0.25, -0.2) is 9.18 Å². The second-order valence-corrected chi connectivity index (χ2v) is 6.31. The zero-order valence-corrected chi connectivity index (χ0v) is 13.3. The van der Waals surface area contributed by atoms with Gasteiger partial charge in [0.2, 0.25) is 0 Å². The Morgan fingerprint density at radius 1 is 1.23 bits per heavy atom. The summed E-state index contributed by atoms with van der Waals surface area (Å²) in [6.45, 7) is 5.10. The van der Waals surface area contributed by atoms with Gasteiger partial charge >= 0.3 is 5.97 Å². The van der Waals surface area contributed by atoms with Gasteiger partial charge in [0, 0.05) is 10.3 Å². The van der Waals surface area contributed by atoms with Gasteiger partial charge in [-0.2, -0.15) is 0 Å². The molecule has 6 heteroatoms. The third kappa shape index (κ3) is 2.87. The highest BCUT2D eigenvalue weighted by atomic mass is 32.1. The minimum absolute atomic E-state index is 0.305. The Balaban J connectivity index is 2.36. The zero-order chi connectivity index (χ0) is 16.5. The molecular weight excluding hydrogens is 305 g/mol. The van der Waals surface area contributed by atoms with E-state index in [1.807, 2.05) is 13.8 Å². The number of nitrogens with one attached hydrogen (secondary N) is 1. The van der Waals surface area contributed by atoms with Crippen molar-refractivity contribution >= 4 is 23.2 Å². The van der Waals surface area contributed by atoms with Crippen molar-refractivity contribution < 1.29 is 19.1 Å². The number of aryl methyl sites for hydroxylation is 1. The molecule has 0 saturated carbocycles. The van der Waals surface area contributed by atoms with E-state index in [2.05, 4.69) is 5.32 Å². The van der Waals surface area contributed by atoms with E-state index in [9.17, 15) is 19.1 Å². The highest BCUT2D eigenvalue weighted by Crippen LogP contribution is 2.25. The molecule has 1 aromatic carbocycles. The second kappa shape index (κ2) is 5.88. The number of aliphatic carboxylic acids is 1. The van der Waals surface area contributed by atoms with Gasteiger partial charge in [-0.1, -0.05) is 12.1 Å². The second-order valence-electron chi connectivity index (χ2n) is 5.22. The van der Waals surface area contributed by atoms with Crippen molar-refractivity contribution in [1.82, 2.24) is 5.32 Å². The lowest BCUT2D eigenvalue weighted by Crippen LogP contribution is -2.49. The molecule has 0 aliphatic carbocycles. The van der Waals surface area contributed by atoms with E-state index in [0.717, 1.165) is 10.4 Å². The number of carboxylic acids is 1. The van der Waals surface area contributed by atoms with Crippen molar-refractivity contribution in [2.24, 2.45) is 0 Å². The van der Waals surface area contributed by atoms with Crippen molar-refractivity contribution in [3.05, 3.63) is 57.0 Å². The first-order valence-electron chi connectivity index (χ1n) is 6.62. The largest absolute Gasteiger partial charge is 0.479 e. The predicted molar refractivity (Wildman–Crippen MR) is 82.6 cm³/mol. The number of hydrogen-bond donors (Lipinski definition) is 2. The number of halogens is 1. The Bertz CT molecular complexity index is 723. The monoisotopic (exact) mass is 321 g/mol. The highest BCUT2D eigenvalue weighted by Gasteiger charge is 2.37. The lowest BCUT2D eigenvalue weighted by molar-refractivity contribution is -0.144. The number of carbonyl (C=O) groups excluding carboxylic acids is 1. The lowest BCUT2D eigenvalue weighted by atomic mass is 9.91. The van der Waals surface area contributed by atoms with Crippen LogP contribution in [-0.4, -0.2) is 17.0 Å². The van der Waals surface area contributed by atoms with E-state index < -0.39 is 23.2 Å². The molecule has 2 N–H and O–H groups in total. The Morgan fingerprint density at radius 3 is 2.27 bits per heavy atom. The molecule has 22 heavy (non-hydrogen) atoms. The van der Waals surface area contributed by atoms with Gasteiger partial charge < -0.3 is 10.4 Å². The average Bonchev–Trinajstić information content (AvgIpc) is 2.79. The first-order chi connectivity index (χ1) is 10.3. The Hall–Kier alpha value is -2.21. The summed E-state index contributed by atoms with van der Waals surface area (Å²) in [5, 5.41) is 13.8. The quantitative estimate of drug-likeness (QED) is 0.908. The first kappa shape index (κ1) is 16.2. The molecule has 1 unspecified atom stereocenters. The number of rotatable bonds is 4. The van der Waals surface area contributed by atoms with Gasteiger partial charge in [0.05, 0.1) is 5.56 Å². The van der Waals surface area contributed by atoms with Crippen LogP contribution >= 0.6 is 11.3 Å². The molecule has 4 nitrogen and oxygen atoms in total. The van der Waals surface area contributed by atoms with E-state index in [-0.39, 0.29) is 0 Å². The van der Waals surface area contributed by atoms with Crippen molar-refractivity contribution in [1.29, 1.82) is 0 Å². The van der Waals surface area contributed by atoms with E-state index >= 15 is 0 Å². The fourth-order valence-electron chi connectivity index (χ4n) is 2.06. The predicted octanol–water partition coefficient (Wildman–Crippen LogP) is 3.23. The normalized spacial score (nSPS) is 13.5. The van der Waals surface area contributed by atoms with Crippen LogP contribution in [0.3, 0.4) is 0 Å². The maximum absolute atomic E-state index is 13.0. The van der Waals surface area contributed by atoms with Gasteiger partial charge in [0.15, 0.2) is 5.54 Å². The number of hydrogen-bond acceptors (Lipinski definition) is 3. The summed E-state index contributed by atoms with van der Waals surface area (Å²) < 4.78 is 13.0. The third-order valence-corrected chi connectivity index (χ3v) is 4.76. The molecule has 0 radical (unpaired) electrons. The molecule has 0 saturated heterocycles. The minimum atomic E-state index is -1.63. The van der Waals surface area contributed by atoms with Gasteiger partial charge in [-0.15, -0.1) is 11.3 Å². The third-order valence-electron chi connectivity index (χ3n) is 3.74. The molecule has 1 aromatic heterocycles. The molecule has 0 aliphatic rings. The van der Waals surface area contributed by atoms with Gasteiger partial charge in [-0.05, 0) is 44.0 Å². The molecule has 1 heterocycles. The molecule has 116 valence electrons. The Kier molecular flexibility index (Phi) is 4.32. The minimum Gasteiger partial charge on any atom is -0.479 e. The maximum Gasteiger partial charge on any atom is 0.333 e. The summed E-state index contributed by atoms with van der Waals surface area (Å²) in [7, 11) is 0. The van der Waals surface area contributed by atoms with Crippen LogP contribution in [0.15, 0.2) is 29.6 Å². The molecule has 0 spiro atoms. The van der Waals surface area contributed by atoms with Crippen molar-refractivity contribution in [3.63, 3.8) is 0 Å². The fraction of sp³-hybridized carbons (Fsp3) is 0.250. The maximum atomic E-state index is 13.0. The first-order valence-corrected chi connectivity index (χ1v) is 7.50. The standard InChI is InChI=1S/C16H16FNO3S/c1-9-10(2)22-8-13(9)14(19)18-16(3,15(20)21)11-4-6-12(17)7-5-11/h4-8H,1-3H3,(H,18,19)(H,20,21). The van der Waals surface area contributed by atoms with E-state index in [0.29, 0.717) is 11.1 Å².